The number of nitrogens with one attached hydrogen (secondary N) is 2. The highest BCUT2D eigenvalue weighted by atomic mass is 35.5. The summed E-state index contributed by atoms with van der Waals surface area (Å²) in [7, 11) is 0. The van der Waals surface area contributed by atoms with Crippen LogP contribution in [0.3, 0.4) is 0 Å². The first-order valence-corrected chi connectivity index (χ1v) is 10.3. The minimum Gasteiger partial charge on any atom is -0.492 e. The van der Waals surface area contributed by atoms with Crippen LogP contribution in [0.15, 0.2) is 55.0 Å². The van der Waals surface area contributed by atoms with Gasteiger partial charge in [0.05, 0.1) is 34.0 Å². The average Bonchev–Trinajstić information content (AvgIpc) is 2.77. The first-order chi connectivity index (χ1) is 14.6. The molecule has 3 heterocycles. The van der Waals surface area contributed by atoms with Crippen LogP contribution in [0.2, 0.25) is 10.0 Å². The largest absolute Gasteiger partial charge is 0.492 e. The van der Waals surface area contributed by atoms with Gasteiger partial charge < -0.3 is 15.4 Å². The number of rotatable bonds is 6. The lowest BCUT2D eigenvalue weighted by Gasteiger charge is -2.25. The van der Waals surface area contributed by atoms with Crippen molar-refractivity contribution in [3.8, 4) is 5.75 Å². The summed E-state index contributed by atoms with van der Waals surface area (Å²) in [6, 6.07) is 12.1. The lowest BCUT2D eigenvalue weighted by atomic mass is 10.1. The van der Waals surface area contributed by atoms with Crippen molar-refractivity contribution in [3.63, 3.8) is 0 Å². The predicted octanol–water partition coefficient (Wildman–Crippen LogP) is 4.33. The van der Waals surface area contributed by atoms with E-state index in [1.165, 1.54) is 12.4 Å². The molecular weight excluding hydrogens is 423 g/mol. The van der Waals surface area contributed by atoms with Crippen molar-refractivity contribution in [2.75, 3.05) is 6.61 Å². The summed E-state index contributed by atoms with van der Waals surface area (Å²) in [4.78, 5) is 20.7. The van der Waals surface area contributed by atoms with Crippen molar-refractivity contribution in [1.82, 2.24) is 20.6 Å². The van der Waals surface area contributed by atoms with Crippen molar-refractivity contribution in [1.29, 1.82) is 0 Å². The molecular formula is C22H20Cl2N4O2. The van der Waals surface area contributed by atoms with Crippen molar-refractivity contribution in [3.05, 3.63) is 87.4 Å². The number of carbonyl (C=O) groups excluding carboxylic acids is 1. The quantitative estimate of drug-likeness (QED) is 0.593. The van der Waals surface area contributed by atoms with E-state index in [1.807, 2.05) is 36.4 Å². The lowest BCUT2D eigenvalue weighted by molar-refractivity contribution is 0.0951. The van der Waals surface area contributed by atoms with E-state index in [0.29, 0.717) is 13.2 Å². The smallest absolute Gasteiger partial charge is 0.254 e. The number of carbonyl (C=O) groups is 1. The van der Waals surface area contributed by atoms with Gasteiger partial charge in [-0.2, -0.15) is 0 Å². The molecule has 1 unspecified atom stereocenters. The summed E-state index contributed by atoms with van der Waals surface area (Å²) in [6.07, 6.45) is 5.47. The molecule has 1 amide bonds. The van der Waals surface area contributed by atoms with Crippen LogP contribution in [0.4, 0.5) is 0 Å². The molecule has 3 aromatic rings. The number of hydrogen-bond donors (Lipinski definition) is 2. The maximum absolute atomic E-state index is 12.4. The van der Waals surface area contributed by atoms with Crippen LogP contribution in [0, 0.1) is 0 Å². The van der Waals surface area contributed by atoms with Crippen LogP contribution < -0.4 is 15.4 Å². The average molecular weight is 443 g/mol. The first-order valence-electron chi connectivity index (χ1n) is 9.58. The monoisotopic (exact) mass is 442 g/mol. The second kappa shape index (κ2) is 9.43. The van der Waals surface area contributed by atoms with Crippen LogP contribution >= 0.6 is 23.2 Å². The molecule has 6 nitrogen and oxygen atoms in total. The van der Waals surface area contributed by atoms with Crippen molar-refractivity contribution < 1.29 is 9.53 Å². The zero-order valence-corrected chi connectivity index (χ0v) is 17.6. The summed E-state index contributed by atoms with van der Waals surface area (Å²) >= 11 is 12.1. The van der Waals surface area contributed by atoms with E-state index in [9.17, 15) is 4.79 Å². The Morgan fingerprint density at radius 1 is 1.07 bits per heavy atom. The number of amides is 1. The molecule has 2 N–H and O–H groups in total. The molecule has 0 radical (unpaired) electrons. The van der Waals surface area contributed by atoms with Crippen molar-refractivity contribution in [2.45, 2.75) is 25.6 Å². The molecule has 0 saturated carbocycles. The number of nitrogens with zero attached hydrogens (tertiary/aromatic N) is 2. The molecule has 0 spiro atoms. The second-order valence-corrected chi connectivity index (χ2v) is 7.75. The summed E-state index contributed by atoms with van der Waals surface area (Å²) < 4.78 is 5.66. The molecule has 1 aromatic carbocycles. The maximum Gasteiger partial charge on any atom is 0.254 e. The van der Waals surface area contributed by atoms with Crippen LogP contribution in [0.1, 0.15) is 39.6 Å². The zero-order chi connectivity index (χ0) is 20.9. The fourth-order valence-corrected chi connectivity index (χ4v) is 3.86. The van der Waals surface area contributed by atoms with Gasteiger partial charge in [0.15, 0.2) is 0 Å². The standard InChI is InChI=1S/C22H20Cl2N4O2/c23-16-12-25-13-17(24)20(16)22(29)28-11-15-5-3-14(4-6-15)10-27-18-7-9-30-19-2-1-8-26-21(18)19/h1-6,8,12-13,18,27H,7,9-11H2,(H,28,29). The second-order valence-electron chi connectivity index (χ2n) is 6.93. The number of fused-ring (bicyclic) bond motifs is 1. The fraction of sp³-hybridized carbons (Fsp3) is 0.227. The SMILES string of the molecule is O=C(NCc1ccc(CNC2CCOc3cccnc32)cc1)c1c(Cl)cncc1Cl. The summed E-state index contributed by atoms with van der Waals surface area (Å²) in [5, 5.41) is 6.84. The van der Waals surface area contributed by atoms with E-state index < -0.39 is 0 Å². The minimum absolute atomic E-state index is 0.170. The maximum atomic E-state index is 12.4. The molecule has 154 valence electrons. The number of pyridine rings is 2. The Labute approximate surface area is 184 Å². The Morgan fingerprint density at radius 3 is 2.50 bits per heavy atom. The highest BCUT2D eigenvalue weighted by molar-refractivity contribution is 6.39. The van der Waals surface area contributed by atoms with E-state index >= 15 is 0 Å². The molecule has 0 saturated heterocycles. The summed E-state index contributed by atoms with van der Waals surface area (Å²) in [6.45, 7) is 1.77. The molecule has 30 heavy (non-hydrogen) atoms. The highest BCUT2D eigenvalue weighted by Gasteiger charge is 2.22. The van der Waals surface area contributed by atoms with Crippen LogP contribution in [-0.2, 0) is 13.1 Å². The molecule has 2 aromatic heterocycles. The van der Waals surface area contributed by atoms with Crippen molar-refractivity contribution >= 4 is 29.1 Å². The van der Waals surface area contributed by atoms with E-state index in [1.54, 1.807) is 6.20 Å². The van der Waals surface area contributed by atoms with E-state index in [-0.39, 0.29) is 27.6 Å². The first kappa shape index (κ1) is 20.6. The van der Waals surface area contributed by atoms with Crippen molar-refractivity contribution in [2.24, 2.45) is 0 Å². The van der Waals surface area contributed by atoms with Gasteiger partial charge in [0.25, 0.3) is 5.91 Å². The molecule has 1 aliphatic heterocycles. The predicted molar refractivity (Wildman–Crippen MR) is 116 cm³/mol. The molecule has 1 atom stereocenters. The zero-order valence-electron chi connectivity index (χ0n) is 16.1. The van der Waals surface area contributed by atoms with Gasteiger partial charge in [-0.15, -0.1) is 0 Å². The number of halogens is 2. The van der Waals surface area contributed by atoms with Gasteiger partial charge >= 0.3 is 0 Å². The fourth-order valence-electron chi connectivity index (χ4n) is 3.32. The normalized spacial score (nSPS) is 15.2. The summed E-state index contributed by atoms with van der Waals surface area (Å²) in [5.74, 6) is 0.519. The van der Waals surface area contributed by atoms with Crippen LogP contribution in [0.25, 0.3) is 0 Å². The summed E-state index contributed by atoms with van der Waals surface area (Å²) in [5.41, 5.74) is 3.32. The van der Waals surface area contributed by atoms with E-state index in [4.69, 9.17) is 27.9 Å². The lowest BCUT2D eigenvalue weighted by Crippen LogP contribution is -2.27. The third-order valence-corrected chi connectivity index (χ3v) is 5.48. The van der Waals surface area contributed by atoms with Gasteiger partial charge in [-0.05, 0) is 23.3 Å². The Balaban J connectivity index is 1.32. The van der Waals surface area contributed by atoms with Gasteiger partial charge in [0.1, 0.15) is 5.75 Å². The molecule has 0 fully saturated rings. The number of aromatic nitrogens is 2. The molecule has 0 aliphatic carbocycles. The highest BCUT2D eigenvalue weighted by Crippen LogP contribution is 2.29. The number of benzene rings is 1. The van der Waals surface area contributed by atoms with Gasteiger partial charge in [-0.1, -0.05) is 47.5 Å². The molecule has 4 rings (SSSR count). The van der Waals surface area contributed by atoms with Gasteiger partial charge in [-0.25, -0.2) is 0 Å². The number of ether oxygens (including phenoxy) is 1. The van der Waals surface area contributed by atoms with Crippen LogP contribution in [0.5, 0.6) is 5.75 Å². The van der Waals surface area contributed by atoms with Gasteiger partial charge in [-0.3, -0.25) is 14.8 Å². The minimum atomic E-state index is -0.330. The Morgan fingerprint density at radius 2 is 1.77 bits per heavy atom. The topological polar surface area (TPSA) is 76.1 Å². The number of hydrogen-bond acceptors (Lipinski definition) is 5. The molecule has 0 bridgehead atoms. The third kappa shape index (κ3) is 4.73. The van der Waals surface area contributed by atoms with E-state index in [0.717, 1.165) is 35.5 Å². The van der Waals surface area contributed by atoms with E-state index in [2.05, 4.69) is 20.6 Å². The van der Waals surface area contributed by atoms with Gasteiger partial charge in [0, 0.05) is 38.1 Å². The third-order valence-electron chi connectivity index (χ3n) is 4.90. The van der Waals surface area contributed by atoms with Gasteiger partial charge in [0.2, 0.25) is 0 Å². The Kier molecular flexibility index (Phi) is 6.47. The molecule has 1 aliphatic rings. The Hall–Kier alpha value is -2.67. The molecule has 8 heteroatoms. The Bertz CT molecular complexity index is 1020. The van der Waals surface area contributed by atoms with Crippen LogP contribution in [-0.4, -0.2) is 22.5 Å².